The molecule has 2 aliphatic heterocycles. The number of anilines is 1. The number of hydrogen-bond donors (Lipinski definition) is 1. The van der Waals surface area contributed by atoms with E-state index in [9.17, 15) is 14.0 Å². The van der Waals surface area contributed by atoms with Crippen molar-refractivity contribution in [3.63, 3.8) is 0 Å². The van der Waals surface area contributed by atoms with Gasteiger partial charge in [0, 0.05) is 29.5 Å². The molecule has 144 valence electrons. The largest absolute Gasteiger partial charge is 0.480 e. The van der Waals surface area contributed by atoms with Crippen LogP contribution < -0.4 is 4.90 Å². The van der Waals surface area contributed by atoms with Gasteiger partial charge >= 0.3 is 5.97 Å². The van der Waals surface area contributed by atoms with Crippen LogP contribution in [0.5, 0.6) is 0 Å². The van der Waals surface area contributed by atoms with Crippen molar-refractivity contribution in [1.29, 1.82) is 0 Å². The van der Waals surface area contributed by atoms with E-state index in [2.05, 4.69) is 11.8 Å². The maximum absolute atomic E-state index is 14.5. The van der Waals surface area contributed by atoms with E-state index in [0.29, 0.717) is 23.4 Å². The maximum Gasteiger partial charge on any atom is 0.329 e. The fourth-order valence-corrected chi connectivity index (χ4v) is 4.51. The van der Waals surface area contributed by atoms with Crippen LogP contribution in [0.1, 0.15) is 37.7 Å². The molecule has 7 heteroatoms. The Labute approximate surface area is 162 Å². The number of ether oxygens (including phenoxy) is 1. The van der Waals surface area contributed by atoms with Gasteiger partial charge in [0.05, 0.1) is 0 Å². The number of benzene rings is 1. The number of fused-ring (bicyclic) bond motifs is 1. The van der Waals surface area contributed by atoms with E-state index in [1.807, 2.05) is 6.07 Å². The topological polar surface area (TPSA) is 66.8 Å². The lowest BCUT2D eigenvalue weighted by atomic mass is 9.97. The van der Waals surface area contributed by atoms with Crippen molar-refractivity contribution < 1.29 is 23.8 Å². The van der Waals surface area contributed by atoms with Crippen LogP contribution in [0.25, 0.3) is 0 Å². The Bertz CT molecular complexity index is 786. The molecule has 0 aromatic heterocycles. The number of hydrogen-bond acceptors (Lipinski definition) is 4. The highest BCUT2D eigenvalue weighted by atomic mass is 32.2. The summed E-state index contributed by atoms with van der Waals surface area (Å²) in [6.07, 6.45) is 4.36. The molecule has 0 spiro atoms. The number of aliphatic carboxylic acids is 1. The van der Waals surface area contributed by atoms with E-state index in [1.165, 1.54) is 17.8 Å². The van der Waals surface area contributed by atoms with Gasteiger partial charge in [-0.15, -0.1) is 11.8 Å². The van der Waals surface area contributed by atoms with Gasteiger partial charge in [-0.3, -0.25) is 4.79 Å². The minimum atomic E-state index is -1.03. The molecule has 0 bridgehead atoms. The first-order chi connectivity index (χ1) is 13.1. The quantitative estimate of drug-likeness (QED) is 0.617. The Balaban J connectivity index is 1.73. The summed E-state index contributed by atoms with van der Waals surface area (Å²) < 4.78 is 19.4. The van der Waals surface area contributed by atoms with Gasteiger partial charge in [-0.25, -0.2) is 9.18 Å². The number of carbonyl (C=O) groups is 2. The highest BCUT2D eigenvalue weighted by Crippen LogP contribution is 2.37. The molecular formula is C20H22FNO4S. The van der Waals surface area contributed by atoms with Crippen molar-refractivity contribution in [2.75, 3.05) is 23.9 Å². The fourth-order valence-electron chi connectivity index (χ4n) is 3.48. The van der Waals surface area contributed by atoms with Crippen molar-refractivity contribution in [3.8, 4) is 11.8 Å². The third-order valence-electron chi connectivity index (χ3n) is 4.64. The number of rotatable bonds is 5. The van der Waals surface area contributed by atoms with Crippen LogP contribution in [0.3, 0.4) is 0 Å². The maximum atomic E-state index is 14.5. The highest BCUT2D eigenvalue weighted by molar-refractivity contribution is 7.99. The first-order valence-electron chi connectivity index (χ1n) is 9.09. The molecule has 27 heavy (non-hydrogen) atoms. The van der Waals surface area contributed by atoms with E-state index in [0.717, 1.165) is 37.0 Å². The molecule has 2 aliphatic rings. The van der Waals surface area contributed by atoms with Crippen LogP contribution in [0.4, 0.5) is 10.1 Å². The Kier molecular flexibility index (Phi) is 6.75. The lowest BCUT2D eigenvalue weighted by Crippen LogP contribution is -2.43. The number of thioether (sulfide) groups is 1. The lowest BCUT2D eigenvalue weighted by molar-refractivity contribution is -0.141. The van der Waals surface area contributed by atoms with E-state index < -0.39 is 5.97 Å². The summed E-state index contributed by atoms with van der Waals surface area (Å²) in [6.45, 7) is -0.340. The lowest BCUT2D eigenvalue weighted by Gasteiger charge is -2.35. The van der Waals surface area contributed by atoms with Gasteiger partial charge in [-0.1, -0.05) is 11.8 Å². The molecule has 1 unspecified atom stereocenters. The zero-order chi connectivity index (χ0) is 19.2. The number of amides is 1. The van der Waals surface area contributed by atoms with Crippen molar-refractivity contribution in [3.05, 3.63) is 23.5 Å². The minimum Gasteiger partial charge on any atom is -0.480 e. The molecule has 0 radical (unpaired) electrons. The molecule has 1 aromatic carbocycles. The Hall–Kier alpha value is -2.04. The van der Waals surface area contributed by atoms with Gasteiger partial charge in [-0.2, -0.15) is 0 Å². The summed E-state index contributed by atoms with van der Waals surface area (Å²) in [5.41, 5.74) is 1.60. The molecule has 0 aliphatic carbocycles. The van der Waals surface area contributed by atoms with Gasteiger partial charge in [0.25, 0.3) is 0 Å². The molecule has 1 amide bonds. The van der Waals surface area contributed by atoms with Gasteiger partial charge in [0.1, 0.15) is 19.0 Å². The second kappa shape index (κ2) is 9.25. The Morgan fingerprint density at radius 3 is 3.00 bits per heavy atom. The molecule has 1 atom stereocenters. The Morgan fingerprint density at radius 1 is 1.33 bits per heavy atom. The summed E-state index contributed by atoms with van der Waals surface area (Å²) in [5, 5.41) is 8.52. The smallest absolute Gasteiger partial charge is 0.329 e. The van der Waals surface area contributed by atoms with E-state index in [4.69, 9.17) is 9.84 Å². The number of carboxylic acids is 1. The highest BCUT2D eigenvalue weighted by Gasteiger charge is 2.30. The number of halogens is 1. The third kappa shape index (κ3) is 5.02. The second-order valence-corrected chi connectivity index (χ2v) is 7.73. The molecule has 1 fully saturated rings. The SMILES string of the molecule is O=C(O)COCC#CCC1CCCC(=O)N1c1cc(F)c2c(c1)CCCS2. The minimum absolute atomic E-state index is 0.00186. The summed E-state index contributed by atoms with van der Waals surface area (Å²) in [4.78, 5) is 25.4. The van der Waals surface area contributed by atoms with Crippen LogP contribution in [0.15, 0.2) is 17.0 Å². The molecular weight excluding hydrogens is 369 g/mol. The van der Waals surface area contributed by atoms with Crippen LogP contribution in [0, 0.1) is 17.7 Å². The van der Waals surface area contributed by atoms with Crippen LogP contribution in [0.2, 0.25) is 0 Å². The molecule has 5 nitrogen and oxygen atoms in total. The van der Waals surface area contributed by atoms with Crippen LogP contribution >= 0.6 is 11.8 Å². The van der Waals surface area contributed by atoms with Gasteiger partial charge < -0.3 is 14.7 Å². The van der Waals surface area contributed by atoms with Crippen molar-refractivity contribution in [1.82, 2.24) is 0 Å². The molecule has 3 rings (SSSR count). The standard InChI is InChI=1S/C20H22FNO4S/c21-17-12-16(11-14-5-4-10-27-20(14)17)22-15(7-3-8-18(22)23)6-1-2-9-26-13-19(24)25/h11-12,15H,3-10,13H2,(H,24,25). The normalized spacial score (nSPS) is 19.2. The summed E-state index contributed by atoms with van der Waals surface area (Å²) in [6, 6.07) is 3.31. The third-order valence-corrected chi connectivity index (χ3v) is 5.88. The molecule has 1 aromatic rings. The monoisotopic (exact) mass is 391 g/mol. The van der Waals surface area contributed by atoms with E-state index in [-0.39, 0.29) is 31.0 Å². The summed E-state index contributed by atoms with van der Waals surface area (Å²) in [5.74, 6) is 5.39. The Morgan fingerprint density at radius 2 is 2.19 bits per heavy atom. The first-order valence-corrected chi connectivity index (χ1v) is 10.1. The van der Waals surface area contributed by atoms with Crippen LogP contribution in [-0.4, -0.2) is 42.0 Å². The predicted octanol–water partition coefficient (Wildman–Crippen LogP) is 3.24. The number of nitrogens with zero attached hydrogens (tertiary/aromatic N) is 1. The summed E-state index contributed by atoms with van der Waals surface area (Å²) >= 11 is 1.54. The van der Waals surface area contributed by atoms with Crippen molar-refractivity contribution >= 4 is 29.3 Å². The van der Waals surface area contributed by atoms with Gasteiger partial charge in [-0.05, 0) is 49.1 Å². The number of aryl methyl sites for hydroxylation is 1. The zero-order valence-corrected chi connectivity index (χ0v) is 15.8. The molecule has 0 saturated carbocycles. The van der Waals surface area contributed by atoms with Crippen LogP contribution in [-0.2, 0) is 20.7 Å². The van der Waals surface area contributed by atoms with Gasteiger partial charge in [0.15, 0.2) is 0 Å². The number of piperidine rings is 1. The average Bonchev–Trinajstić information content (AvgIpc) is 2.64. The van der Waals surface area contributed by atoms with E-state index in [1.54, 1.807) is 4.90 Å². The zero-order valence-electron chi connectivity index (χ0n) is 15.0. The number of carboxylic acid groups (broad SMARTS) is 1. The summed E-state index contributed by atoms with van der Waals surface area (Å²) in [7, 11) is 0. The second-order valence-electron chi connectivity index (χ2n) is 6.62. The predicted molar refractivity (Wildman–Crippen MR) is 101 cm³/mol. The molecule has 1 saturated heterocycles. The molecule has 2 heterocycles. The molecule has 1 N–H and O–H groups in total. The van der Waals surface area contributed by atoms with Crippen molar-refractivity contribution in [2.24, 2.45) is 0 Å². The first kappa shape index (κ1) is 19.7. The van der Waals surface area contributed by atoms with Crippen molar-refractivity contribution in [2.45, 2.75) is 49.5 Å². The fraction of sp³-hybridized carbons (Fsp3) is 0.500. The number of carbonyl (C=O) groups excluding carboxylic acids is 1. The average molecular weight is 391 g/mol. The van der Waals surface area contributed by atoms with E-state index >= 15 is 0 Å². The van der Waals surface area contributed by atoms with Gasteiger partial charge in [0.2, 0.25) is 5.91 Å².